The molecule has 0 aliphatic heterocycles. The Bertz CT molecular complexity index is 873. The molecule has 3 aromatic heterocycles. The zero-order valence-electron chi connectivity index (χ0n) is 15.5. The molecule has 0 aromatic carbocycles. The van der Waals surface area contributed by atoms with Gasteiger partial charge in [0.25, 0.3) is 5.89 Å². The summed E-state index contributed by atoms with van der Waals surface area (Å²) in [4.78, 5) is 13.0. The van der Waals surface area contributed by atoms with Crippen molar-refractivity contribution in [2.45, 2.75) is 51.6 Å². The molecule has 0 spiro atoms. The Kier molecular flexibility index (Phi) is 5.27. The molecule has 27 heavy (non-hydrogen) atoms. The Balaban J connectivity index is 1.58. The third-order valence-corrected chi connectivity index (χ3v) is 4.84. The molecule has 3 heterocycles. The molecule has 7 nitrogen and oxygen atoms in total. The summed E-state index contributed by atoms with van der Waals surface area (Å²) in [7, 11) is 0. The summed E-state index contributed by atoms with van der Waals surface area (Å²) in [6.45, 7) is 2.50. The normalized spacial score (nSPS) is 14.9. The Hall–Kier alpha value is -2.96. The van der Waals surface area contributed by atoms with Gasteiger partial charge in [0.15, 0.2) is 5.82 Å². The number of hydrogen-bond donors (Lipinski definition) is 2. The SMILES string of the molecule is Cc1noc(-c2cnc(NC3CCCCC3)c(NCc3ccncc3)c2)n1. The maximum absolute atomic E-state index is 5.30. The number of hydrogen-bond acceptors (Lipinski definition) is 7. The molecule has 4 rings (SSSR count). The van der Waals surface area contributed by atoms with Crippen molar-refractivity contribution < 1.29 is 4.52 Å². The number of nitrogens with one attached hydrogen (secondary N) is 2. The lowest BCUT2D eigenvalue weighted by molar-refractivity contribution is 0.425. The van der Waals surface area contributed by atoms with E-state index in [1.54, 1.807) is 18.6 Å². The molecule has 3 aromatic rings. The Morgan fingerprint density at radius 1 is 1.15 bits per heavy atom. The van der Waals surface area contributed by atoms with Crippen molar-refractivity contribution in [2.24, 2.45) is 0 Å². The van der Waals surface area contributed by atoms with Gasteiger partial charge < -0.3 is 15.2 Å². The fourth-order valence-corrected chi connectivity index (χ4v) is 3.38. The van der Waals surface area contributed by atoms with E-state index in [1.165, 1.54) is 32.1 Å². The number of anilines is 2. The van der Waals surface area contributed by atoms with Crippen LogP contribution in [0.3, 0.4) is 0 Å². The summed E-state index contributed by atoms with van der Waals surface area (Å²) in [6, 6.07) is 6.50. The van der Waals surface area contributed by atoms with Gasteiger partial charge in [0.2, 0.25) is 0 Å². The molecule has 1 fully saturated rings. The molecular formula is C20H24N6O. The number of rotatable bonds is 6. The quantitative estimate of drug-likeness (QED) is 0.678. The largest absolute Gasteiger partial charge is 0.378 e. The molecule has 0 atom stereocenters. The van der Waals surface area contributed by atoms with Crippen LogP contribution in [0.1, 0.15) is 43.5 Å². The van der Waals surface area contributed by atoms with Crippen LogP contribution in [0.25, 0.3) is 11.5 Å². The minimum Gasteiger partial charge on any atom is -0.378 e. The van der Waals surface area contributed by atoms with Crippen LogP contribution in [0, 0.1) is 6.92 Å². The van der Waals surface area contributed by atoms with Gasteiger partial charge in [0, 0.05) is 31.2 Å². The fraction of sp³-hybridized carbons (Fsp3) is 0.400. The van der Waals surface area contributed by atoms with E-state index in [9.17, 15) is 0 Å². The lowest BCUT2D eigenvalue weighted by atomic mass is 9.95. The van der Waals surface area contributed by atoms with Gasteiger partial charge in [-0.25, -0.2) is 4.98 Å². The first kappa shape index (κ1) is 17.5. The first-order valence-corrected chi connectivity index (χ1v) is 9.48. The maximum atomic E-state index is 5.30. The molecular weight excluding hydrogens is 340 g/mol. The van der Waals surface area contributed by atoms with E-state index < -0.39 is 0 Å². The molecule has 0 saturated heterocycles. The van der Waals surface area contributed by atoms with Crippen LogP contribution < -0.4 is 10.6 Å². The highest BCUT2D eigenvalue weighted by atomic mass is 16.5. The van der Waals surface area contributed by atoms with Gasteiger partial charge in [-0.2, -0.15) is 4.98 Å². The molecule has 0 bridgehead atoms. The van der Waals surface area contributed by atoms with E-state index in [4.69, 9.17) is 4.52 Å². The maximum Gasteiger partial charge on any atom is 0.259 e. The van der Waals surface area contributed by atoms with Crippen molar-refractivity contribution in [1.29, 1.82) is 0 Å². The molecule has 0 radical (unpaired) electrons. The molecule has 0 amide bonds. The third-order valence-electron chi connectivity index (χ3n) is 4.84. The zero-order valence-corrected chi connectivity index (χ0v) is 15.5. The zero-order chi connectivity index (χ0) is 18.5. The summed E-state index contributed by atoms with van der Waals surface area (Å²) >= 11 is 0. The number of aromatic nitrogens is 4. The van der Waals surface area contributed by atoms with Crippen LogP contribution in [0.4, 0.5) is 11.5 Å². The first-order valence-electron chi connectivity index (χ1n) is 9.48. The summed E-state index contributed by atoms with van der Waals surface area (Å²) in [5.41, 5.74) is 2.90. The van der Waals surface area contributed by atoms with Crippen molar-refractivity contribution >= 4 is 11.5 Å². The summed E-state index contributed by atoms with van der Waals surface area (Å²) in [5.74, 6) is 1.97. The van der Waals surface area contributed by atoms with Gasteiger partial charge in [0.05, 0.1) is 11.3 Å². The molecule has 1 aliphatic rings. The van der Waals surface area contributed by atoms with E-state index in [2.05, 4.69) is 30.7 Å². The fourth-order valence-electron chi connectivity index (χ4n) is 3.38. The smallest absolute Gasteiger partial charge is 0.259 e. The van der Waals surface area contributed by atoms with Crippen molar-refractivity contribution in [1.82, 2.24) is 20.1 Å². The summed E-state index contributed by atoms with van der Waals surface area (Å²) in [5, 5.41) is 11.0. The molecule has 140 valence electrons. The second kappa shape index (κ2) is 8.16. The van der Waals surface area contributed by atoms with E-state index in [1.807, 2.05) is 25.1 Å². The highest BCUT2D eigenvalue weighted by Crippen LogP contribution is 2.29. The highest BCUT2D eigenvalue weighted by molar-refractivity contribution is 5.71. The number of aryl methyl sites for hydroxylation is 1. The van der Waals surface area contributed by atoms with E-state index in [0.29, 0.717) is 24.3 Å². The molecule has 7 heteroatoms. The Labute approximate surface area is 158 Å². The van der Waals surface area contributed by atoms with Crippen molar-refractivity contribution in [3.05, 3.63) is 48.2 Å². The molecule has 1 saturated carbocycles. The van der Waals surface area contributed by atoms with Crippen LogP contribution in [-0.2, 0) is 6.54 Å². The second-order valence-electron chi connectivity index (χ2n) is 6.96. The van der Waals surface area contributed by atoms with Crippen LogP contribution >= 0.6 is 0 Å². The lowest BCUT2D eigenvalue weighted by Gasteiger charge is -2.24. The van der Waals surface area contributed by atoms with Crippen LogP contribution in [0.15, 0.2) is 41.3 Å². The van der Waals surface area contributed by atoms with Gasteiger partial charge in [-0.05, 0) is 43.5 Å². The van der Waals surface area contributed by atoms with Crippen LogP contribution in [0.5, 0.6) is 0 Å². The predicted molar refractivity (Wildman–Crippen MR) is 104 cm³/mol. The molecule has 1 aliphatic carbocycles. The summed E-state index contributed by atoms with van der Waals surface area (Å²) < 4.78 is 5.30. The Morgan fingerprint density at radius 2 is 1.96 bits per heavy atom. The Morgan fingerprint density at radius 3 is 2.70 bits per heavy atom. The van der Waals surface area contributed by atoms with Crippen molar-refractivity contribution in [2.75, 3.05) is 10.6 Å². The van der Waals surface area contributed by atoms with Gasteiger partial charge in [-0.15, -0.1) is 0 Å². The van der Waals surface area contributed by atoms with Gasteiger partial charge in [-0.3, -0.25) is 4.98 Å². The third kappa shape index (κ3) is 4.42. The van der Waals surface area contributed by atoms with Gasteiger partial charge in [-0.1, -0.05) is 24.4 Å². The average Bonchev–Trinajstić information content (AvgIpc) is 3.15. The number of pyridine rings is 2. The minimum absolute atomic E-state index is 0.476. The van der Waals surface area contributed by atoms with E-state index >= 15 is 0 Å². The van der Waals surface area contributed by atoms with Crippen molar-refractivity contribution in [3.63, 3.8) is 0 Å². The molecule has 0 unspecified atom stereocenters. The van der Waals surface area contributed by atoms with Crippen LogP contribution in [-0.4, -0.2) is 26.2 Å². The number of nitrogens with zero attached hydrogens (tertiary/aromatic N) is 4. The molecule has 2 N–H and O–H groups in total. The predicted octanol–water partition coefficient (Wildman–Crippen LogP) is 4.19. The van der Waals surface area contributed by atoms with Crippen LogP contribution in [0.2, 0.25) is 0 Å². The summed E-state index contributed by atoms with van der Waals surface area (Å²) in [6.07, 6.45) is 11.6. The highest BCUT2D eigenvalue weighted by Gasteiger charge is 2.17. The first-order chi connectivity index (χ1) is 13.3. The van der Waals surface area contributed by atoms with E-state index in [0.717, 1.165) is 22.6 Å². The van der Waals surface area contributed by atoms with Gasteiger partial charge in [0.1, 0.15) is 5.82 Å². The standard InChI is InChI=1S/C20H24N6O/c1-14-24-20(27-26-14)16-11-18(22-12-15-7-9-21-10-8-15)19(23-13-16)25-17-5-3-2-4-6-17/h7-11,13,17,22H,2-6,12H2,1H3,(H,23,25). The van der Waals surface area contributed by atoms with Crippen molar-refractivity contribution in [3.8, 4) is 11.5 Å². The topological polar surface area (TPSA) is 88.8 Å². The lowest BCUT2D eigenvalue weighted by Crippen LogP contribution is -2.23. The average molecular weight is 364 g/mol. The minimum atomic E-state index is 0.476. The van der Waals surface area contributed by atoms with Gasteiger partial charge >= 0.3 is 0 Å². The second-order valence-corrected chi connectivity index (χ2v) is 6.96. The monoisotopic (exact) mass is 364 g/mol. The van der Waals surface area contributed by atoms with E-state index in [-0.39, 0.29) is 0 Å².